The maximum absolute atomic E-state index is 12.9. The van der Waals surface area contributed by atoms with Gasteiger partial charge in [0.2, 0.25) is 10.0 Å². The number of rotatable bonds is 8. The van der Waals surface area contributed by atoms with Crippen molar-refractivity contribution in [2.24, 2.45) is 5.73 Å². The molecule has 8 heteroatoms. The van der Waals surface area contributed by atoms with Gasteiger partial charge in [0, 0.05) is 19.7 Å². The fraction of sp³-hybridized carbons (Fsp3) is 0.625. The number of nitrogens with zero attached hydrogens (tertiary/aromatic N) is 1. The van der Waals surface area contributed by atoms with Crippen LogP contribution in [0.5, 0.6) is 5.75 Å². The van der Waals surface area contributed by atoms with E-state index in [4.69, 9.17) is 15.2 Å². The molecule has 6 nitrogen and oxygen atoms in total. The van der Waals surface area contributed by atoms with Crippen LogP contribution in [0.3, 0.4) is 0 Å². The van der Waals surface area contributed by atoms with E-state index >= 15 is 0 Å². The number of sulfonamides is 1. The van der Waals surface area contributed by atoms with E-state index in [-0.39, 0.29) is 18.4 Å². The summed E-state index contributed by atoms with van der Waals surface area (Å²) in [6.07, 6.45) is 3.55. The van der Waals surface area contributed by atoms with Crippen molar-refractivity contribution >= 4 is 22.4 Å². The van der Waals surface area contributed by atoms with E-state index in [0.29, 0.717) is 43.4 Å². The number of hydrogen-bond donors (Lipinski definition) is 1. The lowest BCUT2D eigenvalue weighted by molar-refractivity contribution is 0.146. The second-order valence-electron chi connectivity index (χ2n) is 5.66. The minimum Gasteiger partial charge on any atom is -0.491 e. The third-order valence-corrected chi connectivity index (χ3v) is 6.03. The number of halogens is 1. The Morgan fingerprint density at radius 3 is 2.54 bits per heavy atom. The average Bonchev–Trinajstić information content (AvgIpc) is 2.56. The largest absolute Gasteiger partial charge is 0.491 e. The normalized spacial score (nSPS) is 18.8. The van der Waals surface area contributed by atoms with Crippen molar-refractivity contribution in [1.29, 1.82) is 0 Å². The molecule has 138 valence electrons. The van der Waals surface area contributed by atoms with E-state index in [1.165, 1.54) is 0 Å². The van der Waals surface area contributed by atoms with Gasteiger partial charge in [0.15, 0.2) is 0 Å². The number of benzene rings is 1. The highest BCUT2D eigenvalue weighted by Crippen LogP contribution is 2.27. The fourth-order valence-electron chi connectivity index (χ4n) is 2.86. The van der Waals surface area contributed by atoms with Crippen molar-refractivity contribution < 1.29 is 17.9 Å². The van der Waals surface area contributed by atoms with E-state index in [1.54, 1.807) is 35.7 Å². The van der Waals surface area contributed by atoms with E-state index in [1.807, 2.05) is 0 Å². The van der Waals surface area contributed by atoms with Gasteiger partial charge in [-0.2, -0.15) is 4.31 Å². The highest BCUT2D eigenvalue weighted by molar-refractivity contribution is 7.89. The first-order valence-corrected chi connectivity index (χ1v) is 9.47. The Balaban J connectivity index is 0.00000288. The third-order valence-electron chi connectivity index (χ3n) is 4.06. The number of nitrogens with two attached hydrogens (primary N) is 1. The van der Waals surface area contributed by atoms with Gasteiger partial charge in [-0.1, -0.05) is 6.42 Å². The van der Waals surface area contributed by atoms with Crippen LogP contribution in [0.4, 0.5) is 0 Å². The average molecular weight is 379 g/mol. The Morgan fingerprint density at radius 2 is 1.92 bits per heavy atom. The summed E-state index contributed by atoms with van der Waals surface area (Å²) in [4.78, 5) is 0.306. The molecule has 0 bridgehead atoms. The first-order chi connectivity index (χ1) is 11.1. The smallest absolute Gasteiger partial charge is 0.243 e. The molecule has 0 spiro atoms. The van der Waals surface area contributed by atoms with Crippen LogP contribution in [0.2, 0.25) is 0 Å². The van der Waals surface area contributed by atoms with Crippen molar-refractivity contribution in [3.63, 3.8) is 0 Å². The standard InChI is InChI=1S/C16H26N2O4S.ClH/c1-21-12-13-22-15-5-7-16(8-6-15)23(19,20)18-11-3-2-4-14(18)9-10-17;/h5-8,14H,2-4,9-13,17H2,1H3;1H. The van der Waals surface area contributed by atoms with Crippen molar-refractivity contribution in [1.82, 2.24) is 4.31 Å². The molecule has 0 saturated carbocycles. The molecule has 2 N–H and O–H groups in total. The Hall–Kier alpha value is -0.860. The number of hydrogen-bond acceptors (Lipinski definition) is 5. The summed E-state index contributed by atoms with van der Waals surface area (Å²) < 4.78 is 37.7. The van der Waals surface area contributed by atoms with E-state index in [0.717, 1.165) is 19.3 Å². The number of piperidine rings is 1. The second-order valence-corrected chi connectivity index (χ2v) is 7.55. The first-order valence-electron chi connectivity index (χ1n) is 8.03. The van der Waals surface area contributed by atoms with Gasteiger partial charge in [0.25, 0.3) is 0 Å². The summed E-state index contributed by atoms with van der Waals surface area (Å²) in [5.41, 5.74) is 5.63. The van der Waals surface area contributed by atoms with Crippen molar-refractivity contribution in [2.75, 3.05) is 33.4 Å². The predicted octanol–water partition coefficient (Wildman–Crippen LogP) is 2.03. The highest BCUT2D eigenvalue weighted by Gasteiger charge is 2.32. The fourth-order valence-corrected chi connectivity index (χ4v) is 4.58. The van der Waals surface area contributed by atoms with Crippen LogP contribution in [-0.4, -0.2) is 52.2 Å². The molecule has 1 aliphatic heterocycles. The van der Waals surface area contributed by atoms with Gasteiger partial charge in [0.1, 0.15) is 12.4 Å². The van der Waals surface area contributed by atoms with Crippen LogP contribution in [0.15, 0.2) is 29.2 Å². The van der Waals surface area contributed by atoms with Crippen LogP contribution in [-0.2, 0) is 14.8 Å². The molecule has 0 aliphatic carbocycles. The van der Waals surface area contributed by atoms with Crippen LogP contribution >= 0.6 is 12.4 Å². The predicted molar refractivity (Wildman–Crippen MR) is 96.3 cm³/mol. The summed E-state index contributed by atoms with van der Waals surface area (Å²) >= 11 is 0. The lowest BCUT2D eigenvalue weighted by atomic mass is 10.0. The molecule has 1 heterocycles. The first kappa shape index (κ1) is 21.2. The minimum absolute atomic E-state index is 0. The van der Waals surface area contributed by atoms with Gasteiger partial charge in [-0.3, -0.25) is 0 Å². The number of ether oxygens (including phenoxy) is 2. The molecule has 1 unspecified atom stereocenters. The molecule has 0 radical (unpaired) electrons. The van der Waals surface area contributed by atoms with Gasteiger partial charge in [-0.25, -0.2) is 8.42 Å². The molecular formula is C16H27ClN2O4S. The van der Waals surface area contributed by atoms with Crippen LogP contribution < -0.4 is 10.5 Å². The van der Waals surface area contributed by atoms with E-state index in [9.17, 15) is 8.42 Å². The SMILES string of the molecule is COCCOc1ccc(S(=O)(=O)N2CCCCC2CCN)cc1.Cl. The second kappa shape index (κ2) is 10.2. The summed E-state index contributed by atoms with van der Waals surface area (Å²) in [7, 11) is -1.87. The highest BCUT2D eigenvalue weighted by atomic mass is 35.5. The zero-order valence-electron chi connectivity index (χ0n) is 14.0. The van der Waals surface area contributed by atoms with Gasteiger partial charge in [-0.15, -0.1) is 12.4 Å². The molecule has 1 aliphatic rings. The van der Waals surface area contributed by atoms with Crippen LogP contribution in [0.25, 0.3) is 0 Å². The lowest BCUT2D eigenvalue weighted by Gasteiger charge is -2.34. The van der Waals surface area contributed by atoms with Crippen molar-refractivity contribution in [2.45, 2.75) is 36.6 Å². The Morgan fingerprint density at radius 1 is 1.21 bits per heavy atom. The molecule has 0 amide bonds. The topological polar surface area (TPSA) is 81.9 Å². The molecule has 1 aromatic rings. The maximum atomic E-state index is 12.9. The van der Waals surface area contributed by atoms with E-state index < -0.39 is 10.0 Å². The zero-order valence-corrected chi connectivity index (χ0v) is 15.7. The van der Waals surface area contributed by atoms with Crippen LogP contribution in [0, 0.1) is 0 Å². The summed E-state index contributed by atoms with van der Waals surface area (Å²) in [6.45, 7) is 2.00. The minimum atomic E-state index is -3.48. The quantitative estimate of drug-likeness (QED) is 0.700. The molecule has 1 fully saturated rings. The summed E-state index contributed by atoms with van der Waals surface area (Å²) in [6, 6.07) is 6.59. The molecule has 24 heavy (non-hydrogen) atoms. The Bertz CT molecular complexity index is 578. The summed E-state index contributed by atoms with van der Waals surface area (Å²) in [5, 5.41) is 0. The van der Waals surface area contributed by atoms with Gasteiger partial charge in [0.05, 0.1) is 11.5 Å². The molecule has 2 rings (SSSR count). The van der Waals surface area contributed by atoms with E-state index in [2.05, 4.69) is 0 Å². The maximum Gasteiger partial charge on any atom is 0.243 e. The Kier molecular flexibility index (Phi) is 9.01. The molecule has 1 atom stereocenters. The molecular weight excluding hydrogens is 352 g/mol. The Labute approximate surface area is 150 Å². The monoisotopic (exact) mass is 378 g/mol. The molecule has 1 aromatic carbocycles. The van der Waals surface area contributed by atoms with Crippen LogP contribution in [0.1, 0.15) is 25.7 Å². The van der Waals surface area contributed by atoms with Crippen molar-refractivity contribution in [3.8, 4) is 5.75 Å². The summed E-state index contributed by atoms with van der Waals surface area (Å²) in [5.74, 6) is 0.637. The van der Waals surface area contributed by atoms with Gasteiger partial charge in [-0.05, 0) is 50.1 Å². The van der Waals surface area contributed by atoms with Gasteiger partial charge >= 0.3 is 0 Å². The van der Waals surface area contributed by atoms with Gasteiger partial charge < -0.3 is 15.2 Å². The lowest BCUT2D eigenvalue weighted by Crippen LogP contribution is -2.44. The zero-order chi connectivity index (χ0) is 16.7. The molecule has 1 saturated heterocycles. The third kappa shape index (κ3) is 5.32. The molecule has 0 aromatic heterocycles. The van der Waals surface area contributed by atoms with Crippen molar-refractivity contribution in [3.05, 3.63) is 24.3 Å². The number of methoxy groups -OCH3 is 1.